The van der Waals surface area contributed by atoms with E-state index in [1.807, 2.05) is 31.3 Å². The van der Waals surface area contributed by atoms with Crippen molar-refractivity contribution in [3.8, 4) is 0 Å². The molecule has 1 aromatic carbocycles. The Morgan fingerprint density at radius 1 is 1.33 bits per heavy atom. The number of hydrogen-bond donors (Lipinski definition) is 1. The number of nitrogens with one attached hydrogen (secondary N) is 1. The van der Waals surface area contributed by atoms with Gasteiger partial charge in [-0.1, -0.05) is 49.7 Å². The Balaban J connectivity index is 2.04. The average molecular weight is 308 g/mol. The Bertz CT molecular complexity index is 589. The molecule has 5 heteroatoms. The van der Waals surface area contributed by atoms with Crippen LogP contribution in [0.4, 0.5) is 0 Å². The van der Waals surface area contributed by atoms with E-state index in [9.17, 15) is 0 Å². The molecule has 0 amide bonds. The molecule has 0 spiro atoms. The molecule has 0 radical (unpaired) electrons. The molecular weight excluding hydrogens is 286 g/mol. The van der Waals surface area contributed by atoms with E-state index in [1.165, 1.54) is 0 Å². The monoisotopic (exact) mass is 307 g/mol. The summed E-state index contributed by atoms with van der Waals surface area (Å²) in [4.78, 5) is 4.48. The predicted octanol–water partition coefficient (Wildman–Crippen LogP) is 3.49. The molecule has 0 saturated heterocycles. The fourth-order valence-electron chi connectivity index (χ4n) is 2.29. The van der Waals surface area contributed by atoms with Gasteiger partial charge in [0.05, 0.1) is 0 Å². The highest BCUT2D eigenvalue weighted by Crippen LogP contribution is 2.22. The molecule has 1 unspecified atom stereocenters. The SMILES string of the molecule is CNC(Cc1nc(Cc2cccc(Cl)c2)no1)C(C)(C)C. The van der Waals surface area contributed by atoms with Gasteiger partial charge in [0.2, 0.25) is 5.89 Å². The molecule has 4 nitrogen and oxygen atoms in total. The van der Waals surface area contributed by atoms with E-state index in [0.717, 1.165) is 17.0 Å². The van der Waals surface area contributed by atoms with E-state index in [4.69, 9.17) is 16.1 Å². The number of halogens is 1. The number of aromatic nitrogens is 2. The van der Waals surface area contributed by atoms with E-state index in [0.29, 0.717) is 18.1 Å². The van der Waals surface area contributed by atoms with Gasteiger partial charge >= 0.3 is 0 Å². The second-order valence-corrected chi connectivity index (χ2v) is 6.76. The maximum Gasteiger partial charge on any atom is 0.228 e. The van der Waals surface area contributed by atoms with E-state index in [2.05, 4.69) is 36.2 Å². The van der Waals surface area contributed by atoms with Crippen molar-refractivity contribution in [3.63, 3.8) is 0 Å². The van der Waals surface area contributed by atoms with Gasteiger partial charge in [0.15, 0.2) is 5.82 Å². The molecule has 0 aliphatic rings. The molecule has 0 saturated carbocycles. The maximum absolute atomic E-state index is 5.98. The van der Waals surface area contributed by atoms with Crippen molar-refractivity contribution in [1.82, 2.24) is 15.5 Å². The molecule has 21 heavy (non-hydrogen) atoms. The number of likely N-dealkylation sites (N-methyl/N-ethyl adjacent to an activating group) is 1. The summed E-state index contributed by atoms with van der Waals surface area (Å²) >= 11 is 5.98. The first-order valence-corrected chi connectivity index (χ1v) is 7.49. The quantitative estimate of drug-likeness (QED) is 0.918. The Labute approximate surface area is 130 Å². The van der Waals surface area contributed by atoms with Crippen molar-refractivity contribution in [2.75, 3.05) is 7.05 Å². The van der Waals surface area contributed by atoms with Gasteiger partial charge in [-0.15, -0.1) is 0 Å². The van der Waals surface area contributed by atoms with Crippen LogP contribution in [0, 0.1) is 5.41 Å². The van der Waals surface area contributed by atoms with Crippen molar-refractivity contribution in [2.45, 2.75) is 39.7 Å². The minimum absolute atomic E-state index is 0.135. The topological polar surface area (TPSA) is 51.0 Å². The van der Waals surface area contributed by atoms with E-state index in [1.54, 1.807) is 0 Å². The minimum Gasteiger partial charge on any atom is -0.339 e. The largest absolute Gasteiger partial charge is 0.339 e. The zero-order valence-corrected chi connectivity index (χ0v) is 13.7. The molecule has 1 atom stereocenters. The first kappa shape index (κ1) is 16.0. The zero-order chi connectivity index (χ0) is 15.5. The summed E-state index contributed by atoms with van der Waals surface area (Å²) in [6.45, 7) is 6.58. The van der Waals surface area contributed by atoms with Gasteiger partial charge in [-0.25, -0.2) is 0 Å². The molecule has 0 bridgehead atoms. The third-order valence-electron chi connectivity index (χ3n) is 3.53. The molecule has 1 heterocycles. The molecule has 2 aromatic rings. The highest BCUT2D eigenvalue weighted by Gasteiger charge is 2.25. The van der Waals surface area contributed by atoms with Crippen molar-refractivity contribution >= 4 is 11.6 Å². The third-order valence-corrected chi connectivity index (χ3v) is 3.77. The highest BCUT2D eigenvalue weighted by atomic mass is 35.5. The normalized spacial score (nSPS) is 13.4. The third kappa shape index (κ3) is 4.55. The van der Waals surface area contributed by atoms with Crippen LogP contribution < -0.4 is 5.32 Å². The van der Waals surface area contributed by atoms with E-state index in [-0.39, 0.29) is 11.5 Å². The molecule has 114 valence electrons. The molecule has 0 fully saturated rings. The summed E-state index contributed by atoms with van der Waals surface area (Å²) in [5.41, 5.74) is 1.21. The van der Waals surface area contributed by atoms with Gasteiger partial charge in [0.25, 0.3) is 0 Å². The summed E-state index contributed by atoms with van der Waals surface area (Å²) in [5.74, 6) is 1.36. The van der Waals surface area contributed by atoms with Gasteiger partial charge in [-0.3, -0.25) is 0 Å². The van der Waals surface area contributed by atoms with Crippen molar-refractivity contribution in [3.05, 3.63) is 46.6 Å². The van der Waals surface area contributed by atoms with Gasteiger partial charge in [-0.05, 0) is 30.2 Å². The standard InChI is InChI=1S/C16H22ClN3O/c1-16(2,3)13(18-4)10-15-19-14(20-21-15)9-11-6-5-7-12(17)8-11/h5-8,13,18H,9-10H2,1-4H3. The van der Waals surface area contributed by atoms with Crippen LogP contribution in [0.15, 0.2) is 28.8 Å². The van der Waals surface area contributed by atoms with Crippen LogP contribution in [-0.2, 0) is 12.8 Å². The van der Waals surface area contributed by atoms with E-state index >= 15 is 0 Å². The van der Waals surface area contributed by atoms with Crippen LogP contribution in [0.3, 0.4) is 0 Å². The first-order valence-electron chi connectivity index (χ1n) is 7.11. The second-order valence-electron chi connectivity index (χ2n) is 6.32. The van der Waals surface area contributed by atoms with Crippen LogP contribution in [0.25, 0.3) is 0 Å². The minimum atomic E-state index is 0.135. The summed E-state index contributed by atoms with van der Waals surface area (Å²) in [7, 11) is 1.96. The second kappa shape index (κ2) is 6.58. The molecule has 1 N–H and O–H groups in total. The van der Waals surface area contributed by atoms with Gasteiger partial charge in [-0.2, -0.15) is 4.98 Å². The smallest absolute Gasteiger partial charge is 0.228 e. The molecule has 0 aliphatic carbocycles. The van der Waals surface area contributed by atoms with Crippen LogP contribution >= 0.6 is 11.6 Å². The molecule has 1 aromatic heterocycles. The molecule has 0 aliphatic heterocycles. The lowest BCUT2D eigenvalue weighted by atomic mass is 9.85. The fraction of sp³-hybridized carbons (Fsp3) is 0.500. The van der Waals surface area contributed by atoms with Crippen LogP contribution in [0.2, 0.25) is 5.02 Å². The number of hydrogen-bond acceptors (Lipinski definition) is 4. The Morgan fingerprint density at radius 3 is 2.71 bits per heavy atom. The Morgan fingerprint density at radius 2 is 2.10 bits per heavy atom. The number of rotatable bonds is 5. The van der Waals surface area contributed by atoms with Gasteiger partial charge < -0.3 is 9.84 Å². The lowest BCUT2D eigenvalue weighted by molar-refractivity contribution is 0.255. The Hall–Kier alpha value is -1.39. The van der Waals surface area contributed by atoms with Gasteiger partial charge in [0.1, 0.15) is 0 Å². The predicted molar refractivity (Wildman–Crippen MR) is 84.6 cm³/mol. The van der Waals surface area contributed by atoms with Crippen molar-refractivity contribution < 1.29 is 4.52 Å². The van der Waals surface area contributed by atoms with Gasteiger partial charge in [0, 0.05) is 23.9 Å². The molecule has 2 rings (SSSR count). The van der Waals surface area contributed by atoms with Crippen molar-refractivity contribution in [1.29, 1.82) is 0 Å². The number of benzene rings is 1. The van der Waals surface area contributed by atoms with Crippen LogP contribution in [0.5, 0.6) is 0 Å². The van der Waals surface area contributed by atoms with Crippen LogP contribution in [0.1, 0.15) is 38.0 Å². The lowest BCUT2D eigenvalue weighted by Gasteiger charge is -2.29. The summed E-state index contributed by atoms with van der Waals surface area (Å²) < 4.78 is 5.36. The zero-order valence-electron chi connectivity index (χ0n) is 13.0. The highest BCUT2D eigenvalue weighted by molar-refractivity contribution is 6.30. The number of nitrogens with zero attached hydrogens (tertiary/aromatic N) is 2. The Kier molecular flexibility index (Phi) is 5.01. The fourth-order valence-corrected chi connectivity index (χ4v) is 2.50. The first-order chi connectivity index (χ1) is 9.88. The van der Waals surface area contributed by atoms with Crippen LogP contribution in [-0.4, -0.2) is 23.2 Å². The lowest BCUT2D eigenvalue weighted by Crippen LogP contribution is -2.39. The summed E-state index contributed by atoms with van der Waals surface area (Å²) in [6.07, 6.45) is 1.35. The average Bonchev–Trinajstić information content (AvgIpc) is 2.82. The summed E-state index contributed by atoms with van der Waals surface area (Å²) in [6, 6.07) is 8.00. The maximum atomic E-state index is 5.98. The van der Waals surface area contributed by atoms with E-state index < -0.39 is 0 Å². The van der Waals surface area contributed by atoms with Crippen molar-refractivity contribution in [2.24, 2.45) is 5.41 Å². The summed E-state index contributed by atoms with van der Waals surface area (Å²) in [5, 5.41) is 8.09. The molecular formula is C16H22ClN3O.